The Kier molecular flexibility index (Phi) is 5.46. The number of nitrogens with two attached hydrogens (primary N) is 1. The molecule has 2 aromatic rings. The molecule has 0 fully saturated rings. The molecule has 0 aliphatic rings. The quantitative estimate of drug-likeness (QED) is 0.474. The van der Waals surface area contributed by atoms with Crippen molar-refractivity contribution in [2.24, 2.45) is 0 Å². The summed E-state index contributed by atoms with van der Waals surface area (Å²) in [7, 11) is 0. The van der Waals surface area contributed by atoms with Crippen molar-refractivity contribution < 1.29 is 4.74 Å². The van der Waals surface area contributed by atoms with Gasteiger partial charge in [-0.1, -0.05) is 35.3 Å². The lowest BCUT2D eigenvalue weighted by Crippen LogP contribution is -2.01. The number of aryl methyl sites for hydroxylation is 1. The highest BCUT2D eigenvalue weighted by Gasteiger charge is 2.06. The topological polar surface area (TPSA) is 35.2 Å². The van der Waals surface area contributed by atoms with Crippen LogP contribution in [0.25, 0.3) is 0 Å². The van der Waals surface area contributed by atoms with Crippen molar-refractivity contribution in [2.75, 3.05) is 18.1 Å². The molecule has 0 saturated carbocycles. The van der Waals surface area contributed by atoms with Crippen LogP contribution in [0.4, 0.5) is 5.69 Å². The van der Waals surface area contributed by atoms with Gasteiger partial charge in [-0.2, -0.15) is 0 Å². The van der Waals surface area contributed by atoms with Crippen LogP contribution in [0, 0.1) is 6.92 Å². The molecule has 2 aromatic carbocycles. The van der Waals surface area contributed by atoms with E-state index < -0.39 is 0 Å². The van der Waals surface area contributed by atoms with Crippen LogP contribution >= 0.6 is 35.0 Å². The van der Waals surface area contributed by atoms with Gasteiger partial charge in [-0.25, -0.2) is 0 Å². The third kappa shape index (κ3) is 3.98. The monoisotopic (exact) mass is 327 g/mol. The van der Waals surface area contributed by atoms with Gasteiger partial charge in [0.25, 0.3) is 0 Å². The Morgan fingerprint density at radius 3 is 2.55 bits per heavy atom. The van der Waals surface area contributed by atoms with E-state index in [0.717, 1.165) is 16.3 Å². The molecule has 0 heterocycles. The Morgan fingerprint density at radius 2 is 1.85 bits per heavy atom. The Morgan fingerprint density at radius 1 is 1.15 bits per heavy atom. The SMILES string of the molecule is Cc1ccc(N)c(SCCOc2c(Cl)cccc2Cl)c1. The van der Waals surface area contributed by atoms with E-state index in [9.17, 15) is 0 Å². The van der Waals surface area contributed by atoms with Crippen LogP contribution in [-0.2, 0) is 0 Å². The summed E-state index contributed by atoms with van der Waals surface area (Å²) in [5.41, 5.74) is 7.91. The number of halogens is 2. The summed E-state index contributed by atoms with van der Waals surface area (Å²) in [6, 6.07) is 11.3. The number of para-hydroxylation sites is 1. The molecule has 0 amide bonds. The summed E-state index contributed by atoms with van der Waals surface area (Å²) in [6.07, 6.45) is 0. The lowest BCUT2D eigenvalue weighted by Gasteiger charge is -2.10. The van der Waals surface area contributed by atoms with Crippen LogP contribution < -0.4 is 10.5 Å². The molecule has 106 valence electrons. The summed E-state index contributed by atoms with van der Waals surface area (Å²) in [5, 5.41) is 1.05. The lowest BCUT2D eigenvalue weighted by molar-refractivity contribution is 0.344. The van der Waals surface area contributed by atoms with Crippen LogP contribution in [0.15, 0.2) is 41.3 Å². The van der Waals surface area contributed by atoms with E-state index in [-0.39, 0.29) is 0 Å². The molecule has 0 unspecified atom stereocenters. The first-order valence-electron chi connectivity index (χ1n) is 6.13. The zero-order valence-electron chi connectivity index (χ0n) is 11.0. The number of benzene rings is 2. The first kappa shape index (κ1) is 15.4. The standard InChI is InChI=1S/C15H15Cl2NOS/c1-10-5-6-13(18)14(9-10)20-8-7-19-15-11(16)3-2-4-12(15)17/h2-6,9H,7-8,18H2,1H3. The lowest BCUT2D eigenvalue weighted by atomic mass is 10.2. The van der Waals surface area contributed by atoms with E-state index in [0.29, 0.717) is 22.4 Å². The van der Waals surface area contributed by atoms with Crippen molar-refractivity contribution in [2.45, 2.75) is 11.8 Å². The van der Waals surface area contributed by atoms with Crippen LogP contribution in [0.1, 0.15) is 5.56 Å². The van der Waals surface area contributed by atoms with Crippen molar-refractivity contribution in [3.05, 3.63) is 52.0 Å². The van der Waals surface area contributed by atoms with Crippen LogP contribution in [0.3, 0.4) is 0 Å². The van der Waals surface area contributed by atoms with Crippen molar-refractivity contribution in [1.29, 1.82) is 0 Å². The highest BCUT2D eigenvalue weighted by Crippen LogP contribution is 2.33. The third-order valence-electron chi connectivity index (χ3n) is 2.68. The van der Waals surface area contributed by atoms with Gasteiger partial charge in [0.1, 0.15) is 0 Å². The second-order valence-electron chi connectivity index (χ2n) is 4.29. The molecule has 2 rings (SSSR count). The summed E-state index contributed by atoms with van der Waals surface area (Å²) >= 11 is 13.7. The number of rotatable bonds is 5. The number of thioether (sulfide) groups is 1. The normalized spacial score (nSPS) is 10.6. The maximum atomic E-state index is 6.04. The molecule has 0 bridgehead atoms. The molecule has 0 radical (unpaired) electrons. The van der Waals surface area contributed by atoms with Crippen molar-refractivity contribution in [1.82, 2.24) is 0 Å². The van der Waals surface area contributed by atoms with Crippen LogP contribution in [-0.4, -0.2) is 12.4 Å². The summed E-state index contributed by atoms with van der Waals surface area (Å²) in [5.74, 6) is 1.31. The summed E-state index contributed by atoms with van der Waals surface area (Å²) in [4.78, 5) is 1.07. The maximum Gasteiger partial charge on any atom is 0.156 e. The largest absolute Gasteiger partial charge is 0.490 e. The van der Waals surface area contributed by atoms with E-state index in [4.69, 9.17) is 33.7 Å². The van der Waals surface area contributed by atoms with Gasteiger partial charge < -0.3 is 10.5 Å². The van der Waals surface area contributed by atoms with E-state index in [2.05, 4.69) is 6.07 Å². The molecule has 0 aliphatic carbocycles. The molecule has 2 N–H and O–H groups in total. The molecule has 0 spiro atoms. The summed E-state index contributed by atoms with van der Waals surface area (Å²) < 4.78 is 5.63. The molecule has 0 saturated heterocycles. The molecule has 0 atom stereocenters. The Labute approximate surface area is 133 Å². The number of hydrogen-bond acceptors (Lipinski definition) is 3. The fourth-order valence-electron chi connectivity index (χ4n) is 1.68. The van der Waals surface area contributed by atoms with Gasteiger partial charge >= 0.3 is 0 Å². The Hall–Kier alpha value is -1.03. The maximum absolute atomic E-state index is 6.04. The second-order valence-corrected chi connectivity index (χ2v) is 6.24. The van der Waals surface area contributed by atoms with Gasteiger partial charge in [0.2, 0.25) is 0 Å². The van der Waals surface area contributed by atoms with Gasteiger partial charge in [-0.3, -0.25) is 0 Å². The molecule has 2 nitrogen and oxygen atoms in total. The van der Waals surface area contributed by atoms with E-state index in [1.165, 1.54) is 5.56 Å². The van der Waals surface area contributed by atoms with Crippen LogP contribution in [0.2, 0.25) is 10.0 Å². The second kappa shape index (κ2) is 7.11. The van der Waals surface area contributed by atoms with Crippen molar-refractivity contribution in [3.63, 3.8) is 0 Å². The average Bonchev–Trinajstić information content (AvgIpc) is 2.41. The predicted octanol–water partition coefficient (Wildman–Crippen LogP) is 5.06. The third-order valence-corrected chi connectivity index (χ3v) is 4.31. The fourth-order valence-corrected chi connectivity index (χ4v) is 3.08. The smallest absolute Gasteiger partial charge is 0.156 e. The van der Waals surface area contributed by atoms with Gasteiger partial charge in [0, 0.05) is 16.3 Å². The minimum Gasteiger partial charge on any atom is -0.490 e. The van der Waals surface area contributed by atoms with Gasteiger partial charge in [0.15, 0.2) is 5.75 Å². The Balaban J connectivity index is 1.89. The minimum absolute atomic E-state index is 0.515. The highest BCUT2D eigenvalue weighted by molar-refractivity contribution is 7.99. The molecule has 20 heavy (non-hydrogen) atoms. The molecule has 5 heteroatoms. The molecule has 0 aliphatic heterocycles. The zero-order valence-corrected chi connectivity index (χ0v) is 13.4. The van der Waals surface area contributed by atoms with Gasteiger partial charge in [-0.05, 0) is 36.8 Å². The highest BCUT2D eigenvalue weighted by atomic mass is 35.5. The predicted molar refractivity (Wildman–Crippen MR) is 88.3 cm³/mol. The van der Waals surface area contributed by atoms with E-state index in [1.54, 1.807) is 30.0 Å². The average molecular weight is 328 g/mol. The first-order valence-corrected chi connectivity index (χ1v) is 7.88. The van der Waals surface area contributed by atoms with Crippen molar-refractivity contribution >= 4 is 40.7 Å². The summed E-state index contributed by atoms with van der Waals surface area (Å²) in [6.45, 7) is 2.56. The van der Waals surface area contributed by atoms with Gasteiger partial charge in [-0.15, -0.1) is 11.8 Å². The zero-order chi connectivity index (χ0) is 14.5. The molecular weight excluding hydrogens is 313 g/mol. The first-order chi connectivity index (χ1) is 9.58. The Bertz CT molecular complexity index is 584. The fraction of sp³-hybridized carbons (Fsp3) is 0.200. The van der Waals surface area contributed by atoms with E-state index >= 15 is 0 Å². The molecule has 0 aromatic heterocycles. The van der Waals surface area contributed by atoms with Crippen LogP contribution in [0.5, 0.6) is 5.75 Å². The number of anilines is 1. The number of nitrogen functional groups attached to an aromatic ring is 1. The van der Waals surface area contributed by atoms with Crippen molar-refractivity contribution in [3.8, 4) is 5.75 Å². The van der Waals surface area contributed by atoms with Gasteiger partial charge in [0.05, 0.1) is 16.7 Å². The number of ether oxygens (including phenoxy) is 1. The van der Waals surface area contributed by atoms with E-state index in [1.807, 2.05) is 19.1 Å². The minimum atomic E-state index is 0.515. The molecular formula is C15H15Cl2NOS. The number of hydrogen-bond donors (Lipinski definition) is 1.